The minimum atomic E-state index is -0.0332. The molecule has 0 unspecified atom stereocenters. The number of hydrogen-bond acceptors (Lipinski definition) is 4. The van der Waals surface area contributed by atoms with E-state index >= 15 is 0 Å². The first-order valence-corrected chi connectivity index (χ1v) is 5.09. The molecular weight excluding hydrogens is 206 g/mol. The van der Waals surface area contributed by atoms with Crippen molar-refractivity contribution >= 4 is 5.91 Å². The lowest BCUT2D eigenvalue weighted by atomic mass is 10.3. The third-order valence-electron chi connectivity index (χ3n) is 2.10. The second-order valence-corrected chi connectivity index (χ2v) is 3.33. The standard InChI is InChI=1S/C11H15N3O2/c1-13-8-11(15)14(6-3-5-12)9-10-4-2-7-16-10/h2,4,7,13H,3,6,8-9H2,1H3. The topological polar surface area (TPSA) is 69.3 Å². The van der Waals surface area contributed by atoms with Crippen LogP contribution in [-0.2, 0) is 11.3 Å². The normalized spacial score (nSPS) is 9.75. The first-order chi connectivity index (χ1) is 7.77. The molecular formula is C11H15N3O2. The number of furan rings is 1. The van der Waals surface area contributed by atoms with Crippen LogP contribution in [0.1, 0.15) is 12.2 Å². The first-order valence-electron chi connectivity index (χ1n) is 5.09. The van der Waals surface area contributed by atoms with Gasteiger partial charge in [0.25, 0.3) is 0 Å². The van der Waals surface area contributed by atoms with Gasteiger partial charge >= 0.3 is 0 Å². The molecule has 5 nitrogen and oxygen atoms in total. The van der Waals surface area contributed by atoms with Crippen LogP contribution in [0, 0.1) is 11.3 Å². The molecule has 0 aromatic carbocycles. The van der Waals surface area contributed by atoms with Gasteiger partial charge in [-0.2, -0.15) is 5.26 Å². The van der Waals surface area contributed by atoms with Crippen LogP contribution in [-0.4, -0.2) is 30.9 Å². The molecule has 1 aromatic heterocycles. The molecule has 0 aliphatic rings. The smallest absolute Gasteiger partial charge is 0.236 e. The van der Waals surface area contributed by atoms with Crippen LogP contribution >= 0.6 is 0 Å². The zero-order valence-corrected chi connectivity index (χ0v) is 9.27. The van der Waals surface area contributed by atoms with Crippen LogP contribution in [0.3, 0.4) is 0 Å². The summed E-state index contributed by atoms with van der Waals surface area (Å²) in [5.74, 6) is 0.691. The fourth-order valence-corrected chi connectivity index (χ4v) is 1.33. The number of rotatable bonds is 6. The third-order valence-corrected chi connectivity index (χ3v) is 2.10. The second kappa shape index (κ2) is 6.64. The van der Waals surface area contributed by atoms with Gasteiger partial charge in [0.05, 0.1) is 31.8 Å². The molecule has 1 N–H and O–H groups in total. The van der Waals surface area contributed by atoms with Crippen molar-refractivity contribution in [1.82, 2.24) is 10.2 Å². The SMILES string of the molecule is CNCC(=O)N(CCC#N)Cc1ccco1. The summed E-state index contributed by atoms with van der Waals surface area (Å²) in [6.45, 7) is 1.11. The molecule has 86 valence electrons. The Hall–Kier alpha value is -1.80. The molecule has 0 aliphatic carbocycles. The van der Waals surface area contributed by atoms with E-state index in [1.54, 1.807) is 24.3 Å². The number of amides is 1. The van der Waals surface area contributed by atoms with Gasteiger partial charge < -0.3 is 14.6 Å². The van der Waals surface area contributed by atoms with E-state index in [1.807, 2.05) is 12.1 Å². The first kappa shape index (κ1) is 12.3. The molecule has 1 rings (SSSR count). The van der Waals surface area contributed by atoms with Crippen molar-refractivity contribution in [1.29, 1.82) is 5.26 Å². The minimum absolute atomic E-state index is 0.0332. The van der Waals surface area contributed by atoms with Crippen molar-refractivity contribution in [2.75, 3.05) is 20.1 Å². The van der Waals surface area contributed by atoms with Crippen LogP contribution in [0.5, 0.6) is 0 Å². The summed E-state index contributed by atoms with van der Waals surface area (Å²) in [6.07, 6.45) is 1.90. The maximum Gasteiger partial charge on any atom is 0.236 e. The van der Waals surface area contributed by atoms with Crippen molar-refractivity contribution in [3.8, 4) is 6.07 Å². The predicted molar refractivity (Wildman–Crippen MR) is 58.3 cm³/mol. The molecule has 0 spiro atoms. The Morgan fingerprint density at radius 2 is 2.50 bits per heavy atom. The van der Waals surface area contributed by atoms with Gasteiger partial charge in [-0.15, -0.1) is 0 Å². The maximum absolute atomic E-state index is 11.7. The Kier molecular flexibility index (Phi) is 5.09. The second-order valence-electron chi connectivity index (χ2n) is 3.33. The van der Waals surface area contributed by atoms with E-state index in [4.69, 9.17) is 9.68 Å². The molecule has 1 amide bonds. The lowest BCUT2D eigenvalue weighted by Gasteiger charge is -2.20. The molecule has 0 radical (unpaired) electrons. The lowest BCUT2D eigenvalue weighted by Crippen LogP contribution is -2.37. The van der Waals surface area contributed by atoms with E-state index in [0.29, 0.717) is 19.5 Å². The fourth-order valence-electron chi connectivity index (χ4n) is 1.33. The summed E-state index contributed by atoms with van der Waals surface area (Å²) in [7, 11) is 1.72. The molecule has 1 heterocycles. The molecule has 0 fully saturated rings. The molecule has 16 heavy (non-hydrogen) atoms. The van der Waals surface area contributed by atoms with Crippen molar-refractivity contribution < 1.29 is 9.21 Å². The average Bonchev–Trinajstić information content (AvgIpc) is 2.77. The molecule has 0 saturated heterocycles. The zero-order valence-electron chi connectivity index (χ0n) is 9.27. The monoisotopic (exact) mass is 221 g/mol. The summed E-state index contributed by atoms with van der Waals surface area (Å²) in [5, 5.41) is 11.3. The van der Waals surface area contributed by atoms with E-state index in [-0.39, 0.29) is 12.5 Å². The highest BCUT2D eigenvalue weighted by Gasteiger charge is 2.13. The molecule has 0 aliphatic heterocycles. The highest BCUT2D eigenvalue weighted by Crippen LogP contribution is 2.06. The van der Waals surface area contributed by atoms with Crippen LogP contribution in [0.4, 0.5) is 0 Å². The fraction of sp³-hybridized carbons (Fsp3) is 0.455. The molecule has 0 bridgehead atoms. The Balaban J connectivity index is 2.56. The van der Waals surface area contributed by atoms with E-state index in [1.165, 1.54) is 0 Å². The van der Waals surface area contributed by atoms with E-state index in [9.17, 15) is 4.79 Å². The zero-order chi connectivity index (χ0) is 11.8. The summed E-state index contributed by atoms with van der Waals surface area (Å²) in [5.41, 5.74) is 0. The maximum atomic E-state index is 11.7. The number of nitrogens with one attached hydrogen (secondary N) is 1. The highest BCUT2D eigenvalue weighted by molar-refractivity contribution is 5.78. The Bertz CT molecular complexity index is 354. The summed E-state index contributed by atoms with van der Waals surface area (Å²) < 4.78 is 5.18. The Morgan fingerprint density at radius 3 is 3.06 bits per heavy atom. The summed E-state index contributed by atoms with van der Waals surface area (Å²) in [6, 6.07) is 5.62. The lowest BCUT2D eigenvalue weighted by molar-refractivity contribution is -0.130. The number of hydrogen-bond donors (Lipinski definition) is 1. The number of likely N-dealkylation sites (N-methyl/N-ethyl adjacent to an activating group) is 1. The number of nitriles is 1. The largest absolute Gasteiger partial charge is 0.467 e. The van der Waals surface area contributed by atoms with E-state index in [2.05, 4.69) is 5.32 Å². The van der Waals surface area contributed by atoms with Gasteiger partial charge in [-0.3, -0.25) is 4.79 Å². The highest BCUT2D eigenvalue weighted by atomic mass is 16.3. The van der Waals surface area contributed by atoms with Gasteiger partial charge in [0.2, 0.25) is 5.91 Å². The van der Waals surface area contributed by atoms with Crippen LogP contribution < -0.4 is 5.32 Å². The molecule has 1 aromatic rings. The van der Waals surface area contributed by atoms with Gasteiger partial charge in [0.15, 0.2) is 0 Å². The Labute approximate surface area is 94.6 Å². The van der Waals surface area contributed by atoms with Gasteiger partial charge in [0, 0.05) is 6.54 Å². The van der Waals surface area contributed by atoms with Crippen molar-refractivity contribution in [2.24, 2.45) is 0 Å². The molecule has 5 heteroatoms. The van der Waals surface area contributed by atoms with Gasteiger partial charge in [0.1, 0.15) is 5.76 Å². The van der Waals surface area contributed by atoms with Gasteiger partial charge in [-0.25, -0.2) is 0 Å². The molecule has 0 atom stereocenters. The van der Waals surface area contributed by atoms with Gasteiger partial charge in [-0.05, 0) is 19.2 Å². The number of carbonyl (C=O) groups excluding carboxylic acids is 1. The minimum Gasteiger partial charge on any atom is -0.467 e. The third kappa shape index (κ3) is 3.75. The number of nitrogens with zero attached hydrogens (tertiary/aromatic N) is 2. The van der Waals surface area contributed by atoms with Crippen molar-refractivity contribution in [2.45, 2.75) is 13.0 Å². The average molecular weight is 221 g/mol. The van der Waals surface area contributed by atoms with Crippen LogP contribution in [0.2, 0.25) is 0 Å². The Morgan fingerprint density at radius 1 is 1.69 bits per heavy atom. The van der Waals surface area contributed by atoms with E-state index < -0.39 is 0 Å². The van der Waals surface area contributed by atoms with Crippen LogP contribution in [0.25, 0.3) is 0 Å². The van der Waals surface area contributed by atoms with Crippen molar-refractivity contribution in [3.63, 3.8) is 0 Å². The van der Waals surface area contributed by atoms with Crippen molar-refractivity contribution in [3.05, 3.63) is 24.2 Å². The number of carbonyl (C=O) groups is 1. The summed E-state index contributed by atoms with van der Waals surface area (Å²) in [4.78, 5) is 13.3. The summed E-state index contributed by atoms with van der Waals surface area (Å²) >= 11 is 0. The van der Waals surface area contributed by atoms with E-state index in [0.717, 1.165) is 5.76 Å². The quantitative estimate of drug-likeness (QED) is 0.769. The van der Waals surface area contributed by atoms with Gasteiger partial charge in [-0.1, -0.05) is 0 Å². The predicted octanol–water partition coefficient (Wildman–Crippen LogP) is 0.741. The van der Waals surface area contributed by atoms with Crippen LogP contribution in [0.15, 0.2) is 22.8 Å². The molecule has 0 saturated carbocycles.